The number of nitrogens with zero attached hydrogens (tertiary/aromatic N) is 2. The van der Waals surface area contributed by atoms with Gasteiger partial charge >= 0.3 is 0 Å². The first-order valence-electron chi connectivity index (χ1n) is 8.17. The molecule has 0 bridgehead atoms. The lowest BCUT2D eigenvalue weighted by molar-refractivity contribution is 0.844. The molecule has 0 spiro atoms. The molecule has 1 aromatic rings. The predicted octanol–water partition coefficient (Wildman–Crippen LogP) is 6.35. The van der Waals surface area contributed by atoms with Crippen LogP contribution in [0.3, 0.4) is 0 Å². The quantitative estimate of drug-likeness (QED) is 0.421. The molecule has 0 aliphatic heterocycles. The smallest absolute Gasteiger partial charge is 0.0645 e. The summed E-state index contributed by atoms with van der Waals surface area (Å²) in [5, 5.41) is 5.98. The van der Waals surface area contributed by atoms with Crippen LogP contribution in [0.1, 0.15) is 72.3 Å². The molecular weight excluding hydrogens is 256 g/mol. The van der Waals surface area contributed by atoms with E-state index in [4.69, 9.17) is 0 Å². The van der Waals surface area contributed by atoms with Gasteiger partial charge in [0.25, 0.3) is 0 Å². The van der Waals surface area contributed by atoms with Crippen LogP contribution in [0.15, 0.2) is 41.1 Å². The molecule has 1 rings (SSSR count). The van der Waals surface area contributed by atoms with Gasteiger partial charge in [-0.05, 0) is 36.5 Å². The second-order valence-corrected chi connectivity index (χ2v) is 5.12. The van der Waals surface area contributed by atoms with Gasteiger partial charge in [-0.3, -0.25) is 0 Å². The number of anilines is 1. The van der Waals surface area contributed by atoms with Crippen LogP contribution in [0.25, 0.3) is 0 Å². The van der Waals surface area contributed by atoms with Gasteiger partial charge in [-0.15, -0.1) is 0 Å². The van der Waals surface area contributed by atoms with E-state index in [0.29, 0.717) is 5.92 Å². The molecule has 0 heterocycles. The molecule has 0 saturated heterocycles. The third-order valence-corrected chi connectivity index (χ3v) is 3.31. The Morgan fingerprint density at radius 3 is 2.14 bits per heavy atom. The number of allylic oxidation sites excluding steroid dienone is 1. The van der Waals surface area contributed by atoms with E-state index in [1.54, 1.807) is 0 Å². The average Bonchev–Trinajstić information content (AvgIpc) is 2.53. The molecule has 0 fully saturated rings. The molecule has 2 nitrogen and oxygen atoms in total. The molecule has 0 saturated carbocycles. The first-order chi connectivity index (χ1) is 10.1. The van der Waals surface area contributed by atoms with Crippen molar-refractivity contribution >= 4 is 12.4 Å². The number of hydrogen-bond acceptors (Lipinski definition) is 2. The Bertz CT molecular complexity index is 416. The van der Waals surface area contributed by atoms with E-state index in [2.05, 4.69) is 70.0 Å². The van der Waals surface area contributed by atoms with Crippen LogP contribution < -0.4 is 5.01 Å². The molecule has 0 aromatic heterocycles. The van der Waals surface area contributed by atoms with Crippen molar-refractivity contribution < 1.29 is 0 Å². The molecular formula is C19H32N2. The van der Waals surface area contributed by atoms with Crippen molar-refractivity contribution in [1.29, 1.82) is 0 Å². The summed E-state index contributed by atoms with van der Waals surface area (Å²) in [6.07, 6.45) is 5.45. The van der Waals surface area contributed by atoms with Crippen LogP contribution in [0, 0.1) is 0 Å². The molecule has 0 atom stereocenters. The summed E-state index contributed by atoms with van der Waals surface area (Å²) in [7, 11) is 0. The van der Waals surface area contributed by atoms with Gasteiger partial charge in [-0.1, -0.05) is 65.7 Å². The normalized spacial score (nSPS) is 10.9. The number of hydrogen-bond donors (Lipinski definition) is 0. The van der Waals surface area contributed by atoms with Crippen molar-refractivity contribution in [3.05, 3.63) is 41.6 Å². The summed E-state index contributed by atoms with van der Waals surface area (Å²) in [6, 6.07) is 8.55. The van der Waals surface area contributed by atoms with Crippen molar-refractivity contribution in [2.75, 3.05) is 5.01 Å². The van der Waals surface area contributed by atoms with Crippen LogP contribution in [0.4, 0.5) is 5.69 Å². The summed E-state index contributed by atoms with van der Waals surface area (Å²) < 4.78 is 0. The second kappa shape index (κ2) is 11.1. The highest BCUT2D eigenvalue weighted by Gasteiger charge is 2.04. The molecule has 0 unspecified atom stereocenters. The van der Waals surface area contributed by atoms with Crippen LogP contribution in [0.5, 0.6) is 0 Å². The molecule has 1 aromatic carbocycles. The average molecular weight is 288 g/mol. The van der Waals surface area contributed by atoms with Gasteiger partial charge in [0.15, 0.2) is 0 Å². The first-order valence-corrected chi connectivity index (χ1v) is 8.17. The van der Waals surface area contributed by atoms with Crippen LogP contribution in [-0.2, 0) is 0 Å². The van der Waals surface area contributed by atoms with Crippen molar-refractivity contribution in [3.8, 4) is 0 Å². The Labute approximate surface area is 131 Å². The van der Waals surface area contributed by atoms with E-state index in [-0.39, 0.29) is 0 Å². The Balaban J connectivity index is 0.00000191. The van der Waals surface area contributed by atoms with Gasteiger partial charge in [0, 0.05) is 12.9 Å². The second-order valence-electron chi connectivity index (χ2n) is 5.12. The lowest BCUT2D eigenvalue weighted by Crippen LogP contribution is -2.08. The third-order valence-electron chi connectivity index (χ3n) is 3.31. The third kappa shape index (κ3) is 6.61. The summed E-state index contributed by atoms with van der Waals surface area (Å²) in [6.45, 7) is 16.5. The van der Waals surface area contributed by atoms with Gasteiger partial charge in [-0.2, -0.15) is 5.10 Å². The maximum atomic E-state index is 4.11. The molecule has 118 valence electrons. The Morgan fingerprint density at radius 1 is 1.19 bits per heavy atom. The molecule has 0 amide bonds. The number of rotatable bonds is 7. The minimum atomic E-state index is 0.557. The van der Waals surface area contributed by atoms with Crippen molar-refractivity contribution in [3.63, 3.8) is 0 Å². The number of benzene rings is 1. The molecule has 0 N–H and O–H groups in total. The zero-order valence-corrected chi connectivity index (χ0v) is 14.7. The Kier molecular flexibility index (Phi) is 10.3. The summed E-state index contributed by atoms with van der Waals surface area (Å²) in [5.41, 5.74) is 3.82. The predicted molar refractivity (Wildman–Crippen MR) is 97.2 cm³/mol. The fraction of sp³-hybridized carbons (Fsp3) is 0.526. The van der Waals surface area contributed by atoms with Gasteiger partial charge in [-0.25, -0.2) is 5.01 Å². The molecule has 0 aliphatic rings. The zero-order chi connectivity index (χ0) is 16.3. The SMILES string of the molecule is C=NN(/C=C(/CC)CCC)c1ccc(C(C)C)cc1.CC. The highest BCUT2D eigenvalue weighted by atomic mass is 15.4. The first kappa shape index (κ1) is 19.4. The summed E-state index contributed by atoms with van der Waals surface area (Å²) in [4.78, 5) is 0. The zero-order valence-electron chi connectivity index (χ0n) is 14.7. The van der Waals surface area contributed by atoms with Crippen molar-refractivity contribution in [2.24, 2.45) is 5.10 Å². The summed E-state index contributed by atoms with van der Waals surface area (Å²) in [5.74, 6) is 0.557. The minimum Gasteiger partial charge on any atom is -0.242 e. The van der Waals surface area contributed by atoms with Crippen molar-refractivity contribution in [1.82, 2.24) is 0 Å². The minimum absolute atomic E-state index is 0.557. The fourth-order valence-corrected chi connectivity index (χ4v) is 2.04. The summed E-state index contributed by atoms with van der Waals surface area (Å²) >= 11 is 0. The van der Waals surface area contributed by atoms with Gasteiger partial charge < -0.3 is 0 Å². The molecule has 0 radical (unpaired) electrons. The van der Waals surface area contributed by atoms with E-state index >= 15 is 0 Å². The Morgan fingerprint density at radius 2 is 1.76 bits per heavy atom. The highest BCUT2D eigenvalue weighted by molar-refractivity contribution is 5.52. The topological polar surface area (TPSA) is 15.6 Å². The van der Waals surface area contributed by atoms with E-state index in [0.717, 1.165) is 24.9 Å². The molecule has 21 heavy (non-hydrogen) atoms. The Hall–Kier alpha value is -1.57. The maximum absolute atomic E-state index is 4.11. The molecule has 2 heteroatoms. The lowest BCUT2D eigenvalue weighted by Gasteiger charge is -2.17. The van der Waals surface area contributed by atoms with Gasteiger partial charge in [0.05, 0.1) is 5.69 Å². The maximum Gasteiger partial charge on any atom is 0.0645 e. The monoisotopic (exact) mass is 288 g/mol. The lowest BCUT2D eigenvalue weighted by atomic mass is 10.0. The fourth-order valence-electron chi connectivity index (χ4n) is 2.04. The van der Waals surface area contributed by atoms with E-state index in [9.17, 15) is 0 Å². The van der Waals surface area contributed by atoms with Crippen LogP contribution >= 0.6 is 0 Å². The molecule has 0 aliphatic carbocycles. The van der Waals surface area contributed by atoms with Gasteiger partial charge in [0.1, 0.15) is 0 Å². The van der Waals surface area contributed by atoms with E-state index in [1.165, 1.54) is 11.1 Å². The number of hydrazone groups is 1. The van der Waals surface area contributed by atoms with Crippen LogP contribution in [0.2, 0.25) is 0 Å². The van der Waals surface area contributed by atoms with E-state index < -0.39 is 0 Å². The van der Waals surface area contributed by atoms with Crippen LogP contribution in [-0.4, -0.2) is 6.72 Å². The highest BCUT2D eigenvalue weighted by Crippen LogP contribution is 2.22. The van der Waals surface area contributed by atoms with E-state index in [1.807, 2.05) is 18.9 Å². The van der Waals surface area contributed by atoms with Gasteiger partial charge in [0.2, 0.25) is 0 Å². The largest absolute Gasteiger partial charge is 0.242 e. The standard InChI is InChI=1S/C17H26N2.C2H6/c1-6-8-15(7-2)13-19(18-5)17-11-9-16(10-12-17)14(3)4;1-2/h9-14H,5-8H2,1-4H3;1-2H3/b15-13-;. The van der Waals surface area contributed by atoms with Crippen molar-refractivity contribution in [2.45, 2.75) is 66.7 Å².